The van der Waals surface area contributed by atoms with E-state index in [1.807, 2.05) is 54.6 Å². The highest BCUT2D eigenvalue weighted by molar-refractivity contribution is 9.10. The minimum absolute atomic E-state index is 0.0926. The molecule has 0 aromatic heterocycles. The van der Waals surface area contributed by atoms with Crippen molar-refractivity contribution in [1.29, 1.82) is 0 Å². The second kappa shape index (κ2) is 7.19. The van der Waals surface area contributed by atoms with Gasteiger partial charge in [0.2, 0.25) is 11.8 Å². The third-order valence-corrected chi connectivity index (χ3v) is 6.27. The summed E-state index contributed by atoms with van der Waals surface area (Å²) < 4.78 is 0.965. The Bertz CT molecular complexity index is 1010. The van der Waals surface area contributed by atoms with E-state index in [0.29, 0.717) is 24.2 Å². The normalized spacial score (nSPS) is 19.6. The predicted molar refractivity (Wildman–Crippen MR) is 115 cm³/mol. The first-order chi connectivity index (χ1) is 14.1. The lowest BCUT2D eigenvalue weighted by atomic mass is 9.76. The van der Waals surface area contributed by atoms with Crippen molar-refractivity contribution in [1.82, 2.24) is 10.6 Å². The molecule has 3 aliphatic rings. The first kappa shape index (κ1) is 18.2. The van der Waals surface area contributed by atoms with Crippen molar-refractivity contribution < 1.29 is 9.59 Å². The van der Waals surface area contributed by atoms with E-state index in [2.05, 4.69) is 31.5 Å². The van der Waals surface area contributed by atoms with Crippen molar-refractivity contribution in [2.45, 2.75) is 18.8 Å². The second-order valence-corrected chi connectivity index (χ2v) is 8.30. The van der Waals surface area contributed by atoms with E-state index in [-0.39, 0.29) is 17.7 Å². The Hall–Kier alpha value is -2.86. The highest BCUT2D eigenvalue weighted by Crippen LogP contribution is 2.47. The fourth-order valence-corrected chi connectivity index (χ4v) is 4.82. The van der Waals surface area contributed by atoms with Gasteiger partial charge in [-0.3, -0.25) is 9.59 Å². The van der Waals surface area contributed by atoms with Gasteiger partial charge in [0.1, 0.15) is 0 Å². The van der Waals surface area contributed by atoms with E-state index >= 15 is 0 Å². The van der Waals surface area contributed by atoms with Gasteiger partial charge in [0.15, 0.2) is 0 Å². The van der Waals surface area contributed by atoms with Crippen LogP contribution < -0.4 is 15.5 Å². The van der Waals surface area contributed by atoms with Gasteiger partial charge in [0, 0.05) is 64.5 Å². The van der Waals surface area contributed by atoms with Crippen LogP contribution in [0.1, 0.15) is 24.3 Å². The third-order valence-electron chi connectivity index (χ3n) is 5.74. The maximum Gasteiger partial charge on any atom is 0.249 e. The summed E-state index contributed by atoms with van der Waals surface area (Å²) in [6, 6.07) is 17.9. The maximum absolute atomic E-state index is 13.1. The fourth-order valence-electron chi connectivity index (χ4n) is 4.56. The standard InChI is InChI=1S/C23H20BrN3O2/c24-15-8-6-14(7-9-15)19-20-17(10-12-25-22(20)28)27(16-4-2-1-3-5-16)18-11-13-26-23(29)21(18)19/h1-9,19H,10-13H2,(H,25,28)(H,26,29). The number of amides is 2. The molecule has 0 saturated carbocycles. The summed E-state index contributed by atoms with van der Waals surface area (Å²) in [6.07, 6.45) is 1.47. The number of benzene rings is 2. The van der Waals surface area contributed by atoms with Crippen molar-refractivity contribution >= 4 is 33.4 Å². The Morgan fingerprint density at radius 2 is 1.34 bits per heavy atom. The van der Waals surface area contributed by atoms with E-state index in [4.69, 9.17) is 0 Å². The number of carbonyl (C=O) groups excluding carboxylic acids is 2. The van der Waals surface area contributed by atoms with Gasteiger partial charge in [-0.05, 0) is 29.8 Å². The van der Waals surface area contributed by atoms with Crippen molar-refractivity contribution in [3.05, 3.63) is 87.2 Å². The first-order valence-electron chi connectivity index (χ1n) is 9.78. The molecule has 3 aliphatic heterocycles. The van der Waals surface area contributed by atoms with Crippen molar-refractivity contribution in [2.24, 2.45) is 0 Å². The van der Waals surface area contributed by atoms with Gasteiger partial charge in [0.25, 0.3) is 0 Å². The molecule has 2 aromatic carbocycles. The lowest BCUT2D eigenvalue weighted by Gasteiger charge is -2.44. The molecule has 0 bridgehead atoms. The number of halogens is 1. The summed E-state index contributed by atoms with van der Waals surface area (Å²) in [5.41, 5.74) is 5.31. The average Bonchev–Trinajstić information content (AvgIpc) is 2.74. The third kappa shape index (κ3) is 2.99. The number of hydrogen-bond donors (Lipinski definition) is 2. The summed E-state index contributed by atoms with van der Waals surface area (Å²) in [6.45, 7) is 1.20. The average molecular weight is 450 g/mol. The Morgan fingerprint density at radius 3 is 1.90 bits per heavy atom. The molecule has 3 heterocycles. The number of anilines is 1. The number of carbonyl (C=O) groups is 2. The molecule has 2 N–H and O–H groups in total. The van der Waals surface area contributed by atoms with Crippen molar-refractivity contribution in [2.75, 3.05) is 18.0 Å². The van der Waals surface area contributed by atoms with Gasteiger partial charge >= 0.3 is 0 Å². The smallest absolute Gasteiger partial charge is 0.249 e. The Labute approximate surface area is 177 Å². The van der Waals surface area contributed by atoms with Crippen LogP contribution in [0.5, 0.6) is 0 Å². The molecule has 0 aliphatic carbocycles. The number of rotatable bonds is 2. The molecule has 0 atom stereocenters. The second-order valence-electron chi connectivity index (χ2n) is 7.39. The van der Waals surface area contributed by atoms with E-state index < -0.39 is 0 Å². The molecule has 0 unspecified atom stereocenters. The van der Waals surface area contributed by atoms with Crippen LogP contribution in [-0.4, -0.2) is 24.9 Å². The summed E-state index contributed by atoms with van der Waals surface area (Å²) in [5, 5.41) is 5.98. The van der Waals surface area contributed by atoms with E-state index in [1.165, 1.54) is 0 Å². The van der Waals surface area contributed by atoms with Crippen LogP contribution in [0.2, 0.25) is 0 Å². The summed E-state index contributed by atoms with van der Waals surface area (Å²) in [7, 11) is 0. The molecule has 6 heteroatoms. The summed E-state index contributed by atoms with van der Waals surface area (Å²) in [4.78, 5) is 28.3. The van der Waals surface area contributed by atoms with Gasteiger partial charge in [-0.15, -0.1) is 0 Å². The van der Waals surface area contributed by atoms with Crippen LogP contribution in [0, 0.1) is 0 Å². The lowest BCUT2D eigenvalue weighted by Crippen LogP contribution is -2.47. The zero-order valence-electron chi connectivity index (χ0n) is 15.7. The molecule has 2 aromatic rings. The fraction of sp³-hybridized carbons (Fsp3) is 0.217. The van der Waals surface area contributed by atoms with Gasteiger partial charge in [-0.2, -0.15) is 0 Å². The van der Waals surface area contributed by atoms with Crippen molar-refractivity contribution in [3.8, 4) is 0 Å². The van der Waals surface area contributed by atoms with Crippen LogP contribution in [0.3, 0.4) is 0 Å². The molecular weight excluding hydrogens is 430 g/mol. The monoisotopic (exact) mass is 449 g/mol. The zero-order valence-corrected chi connectivity index (χ0v) is 17.3. The van der Waals surface area contributed by atoms with E-state index in [9.17, 15) is 9.59 Å². The van der Waals surface area contributed by atoms with Crippen LogP contribution in [0.4, 0.5) is 5.69 Å². The molecule has 0 fully saturated rings. The summed E-state index contributed by atoms with van der Waals surface area (Å²) >= 11 is 3.48. The van der Waals surface area contributed by atoms with E-state index in [0.717, 1.165) is 40.0 Å². The van der Waals surface area contributed by atoms with Gasteiger partial charge in [-0.1, -0.05) is 46.3 Å². The molecular formula is C23H20BrN3O2. The number of para-hydroxylation sites is 1. The quantitative estimate of drug-likeness (QED) is 0.735. The first-order valence-corrected chi connectivity index (χ1v) is 10.6. The SMILES string of the molecule is O=C1NCCC2=C1C(c1ccc(Br)cc1)C1=C(CCNC1=O)N2c1ccccc1. The van der Waals surface area contributed by atoms with Crippen LogP contribution in [0.25, 0.3) is 0 Å². The zero-order chi connectivity index (χ0) is 20.0. The molecule has 146 valence electrons. The largest absolute Gasteiger partial charge is 0.352 e. The molecule has 0 saturated heterocycles. The van der Waals surface area contributed by atoms with Gasteiger partial charge in [-0.25, -0.2) is 0 Å². The minimum atomic E-state index is -0.367. The minimum Gasteiger partial charge on any atom is -0.352 e. The molecule has 5 nitrogen and oxygen atoms in total. The van der Waals surface area contributed by atoms with Crippen molar-refractivity contribution in [3.63, 3.8) is 0 Å². The predicted octanol–water partition coefficient (Wildman–Crippen LogP) is 3.60. The topological polar surface area (TPSA) is 61.4 Å². The Morgan fingerprint density at radius 1 is 0.793 bits per heavy atom. The van der Waals surface area contributed by atoms with Crippen LogP contribution in [-0.2, 0) is 9.59 Å². The van der Waals surface area contributed by atoms with E-state index in [1.54, 1.807) is 0 Å². The number of hydrogen-bond acceptors (Lipinski definition) is 3. The maximum atomic E-state index is 13.1. The molecule has 0 spiro atoms. The lowest BCUT2D eigenvalue weighted by molar-refractivity contribution is -0.118. The highest BCUT2D eigenvalue weighted by Gasteiger charge is 2.44. The molecule has 2 amide bonds. The van der Waals surface area contributed by atoms with Crippen LogP contribution >= 0.6 is 15.9 Å². The van der Waals surface area contributed by atoms with Gasteiger partial charge < -0.3 is 15.5 Å². The Kier molecular flexibility index (Phi) is 4.51. The number of nitrogens with one attached hydrogen (secondary N) is 2. The molecule has 5 rings (SSSR count). The molecule has 0 radical (unpaired) electrons. The number of nitrogens with zero attached hydrogens (tertiary/aromatic N) is 1. The Balaban J connectivity index is 1.78. The van der Waals surface area contributed by atoms with Crippen LogP contribution in [0.15, 0.2) is 81.6 Å². The van der Waals surface area contributed by atoms with Gasteiger partial charge in [0.05, 0.1) is 0 Å². The summed E-state index contributed by atoms with van der Waals surface area (Å²) in [5.74, 6) is -0.552. The molecule has 29 heavy (non-hydrogen) atoms. The highest BCUT2D eigenvalue weighted by atomic mass is 79.9.